The molecular formula is C31H46FN5O5. The lowest BCUT2D eigenvalue weighted by molar-refractivity contribution is -0.153. The number of amides is 3. The lowest BCUT2D eigenvalue weighted by atomic mass is 9.63. The maximum absolute atomic E-state index is 14.0. The Bertz CT molecular complexity index is 1130. The number of halogens is 1. The zero-order valence-electron chi connectivity index (χ0n) is 25.1. The first-order valence-electron chi connectivity index (χ1n) is 15.2. The number of nitrogens with one attached hydrogen (secondary N) is 3. The first-order valence-corrected chi connectivity index (χ1v) is 15.2. The topological polar surface area (TPSA) is 131 Å². The zero-order valence-corrected chi connectivity index (χ0v) is 25.1. The highest BCUT2D eigenvalue weighted by atomic mass is 19.1. The molecule has 2 aliphatic heterocycles. The van der Waals surface area contributed by atoms with E-state index in [4.69, 9.17) is 0 Å². The second-order valence-electron chi connectivity index (χ2n) is 12.9. The Kier molecular flexibility index (Phi) is 10.2. The van der Waals surface area contributed by atoms with Crippen LogP contribution in [-0.2, 0) is 25.6 Å². The number of benzene rings is 1. The largest absolute Gasteiger partial charge is 0.480 e. The summed E-state index contributed by atoms with van der Waals surface area (Å²) in [7, 11) is 1.95. The maximum atomic E-state index is 14.0. The number of hydrogen-bond donors (Lipinski definition) is 4. The van der Waals surface area contributed by atoms with E-state index in [0.29, 0.717) is 39.0 Å². The van der Waals surface area contributed by atoms with E-state index in [9.17, 15) is 28.7 Å². The molecule has 0 unspecified atom stereocenters. The quantitative estimate of drug-likeness (QED) is 0.347. The number of hydrogen-bond acceptors (Lipinski definition) is 6. The summed E-state index contributed by atoms with van der Waals surface area (Å²) in [5.41, 5.74) is -1.43. The fraction of sp³-hybridized carbons (Fsp3) is 0.677. The molecule has 4 rings (SSSR count). The Morgan fingerprint density at radius 1 is 1.07 bits per heavy atom. The van der Waals surface area contributed by atoms with Gasteiger partial charge in [0, 0.05) is 39.1 Å². The monoisotopic (exact) mass is 587 g/mol. The van der Waals surface area contributed by atoms with Crippen LogP contribution in [-0.4, -0.2) is 96.0 Å². The Morgan fingerprint density at radius 3 is 2.31 bits per heavy atom. The molecule has 0 aromatic heterocycles. The minimum atomic E-state index is -1.41. The van der Waals surface area contributed by atoms with Gasteiger partial charge in [0.15, 0.2) is 0 Å². The van der Waals surface area contributed by atoms with Gasteiger partial charge in [-0.2, -0.15) is 0 Å². The van der Waals surface area contributed by atoms with Crippen LogP contribution in [0.1, 0.15) is 64.4 Å². The number of carbonyl (C=O) groups excluding carboxylic acids is 3. The Hall–Kier alpha value is -3.05. The summed E-state index contributed by atoms with van der Waals surface area (Å²) in [5.74, 6) is -2.10. The lowest BCUT2D eigenvalue weighted by Crippen LogP contribution is -2.62. The number of piperazine rings is 1. The van der Waals surface area contributed by atoms with Gasteiger partial charge in [-0.3, -0.25) is 14.4 Å². The van der Waals surface area contributed by atoms with Crippen molar-refractivity contribution in [3.05, 3.63) is 35.6 Å². The second kappa shape index (κ2) is 13.5. The highest BCUT2D eigenvalue weighted by Gasteiger charge is 2.50. The normalized spacial score (nSPS) is 22.7. The van der Waals surface area contributed by atoms with Gasteiger partial charge in [-0.25, -0.2) is 9.18 Å². The number of nitrogens with zero attached hydrogens (tertiary/aromatic N) is 2. The summed E-state index contributed by atoms with van der Waals surface area (Å²) < 4.78 is 13.6. The van der Waals surface area contributed by atoms with E-state index < -0.39 is 29.0 Å². The minimum Gasteiger partial charge on any atom is -0.480 e. The number of rotatable bonds is 9. The minimum absolute atomic E-state index is 0.122. The zero-order chi connectivity index (χ0) is 30.5. The van der Waals surface area contributed by atoms with E-state index in [0.717, 1.165) is 44.2 Å². The van der Waals surface area contributed by atoms with Gasteiger partial charge in [0.25, 0.3) is 0 Å². The van der Waals surface area contributed by atoms with Crippen molar-refractivity contribution in [2.75, 3.05) is 39.8 Å². The molecule has 0 radical (unpaired) electrons. The number of likely N-dealkylation sites (tertiary alicyclic amines) is 1. The van der Waals surface area contributed by atoms with Crippen molar-refractivity contribution in [1.82, 2.24) is 25.8 Å². The third-order valence-corrected chi connectivity index (χ3v) is 9.43. The molecular weight excluding hydrogens is 541 g/mol. The van der Waals surface area contributed by atoms with Crippen molar-refractivity contribution in [2.24, 2.45) is 11.3 Å². The number of piperidine rings is 1. The molecule has 2 atom stereocenters. The number of likely N-dealkylation sites (N-methyl/N-ethyl adjacent to an activating group) is 1. The molecule has 1 aromatic rings. The van der Waals surface area contributed by atoms with Crippen LogP contribution in [0.25, 0.3) is 0 Å². The third kappa shape index (κ3) is 7.47. The van der Waals surface area contributed by atoms with Crippen LogP contribution in [0.4, 0.5) is 4.39 Å². The van der Waals surface area contributed by atoms with Gasteiger partial charge in [-0.05, 0) is 70.2 Å². The Labute approximate surface area is 247 Å². The van der Waals surface area contributed by atoms with Crippen LogP contribution in [0.5, 0.6) is 0 Å². The Balaban J connectivity index is 1.51. The predicted octanol–water partition coefficient (Wildman–Crippen LogP) is 1.93. The summed E-state index contributed by atoms with van der Waals surface area (Å²) in [6, 6.07) is 4.62. The van der Waals surface area contributed by atoms with Gasteiger partial charge in [0.1, 0.15) is 17.4 Å². The highest BCUT2D eigenvalue weighted by Crippen LogP contribution is 2.46. The fourth-order valence-corrected chi connectivity index (χ4v) is 6.69. The SMILES string of the molecule is CN1CCN[C@H](C(=O)N[C@H](Cc2ccc(F)cc2)C(=O)N2CCC(C(=O)NC(C)(C)C(=O)O)(C3CCCCC3)CC2)C1. The average Bonchev–Trinajstić information content (AvgIpc) is 2.97. The van der Waals surface area contributed by atoms with Crippen molar-refractivity contribution >= 4 is 23.7 Å². The molecule has 3 aliphatic rings. The molecule has 1 saturated carbocycles. The smallest absolute Gasteiger partial charge is 0.328 e. The molecule has 1 aromatic carbocycles. The molecule has 2 heterocycles. The summed E-state index contributed by atoms with van der Waals surface area (Å²) in [6.45, 7) is 5.66. The molecule has 3 fully saturated rings. The molecule has 232 valence electrons. The molecule has 4 N–H and O–H groups in total. The third-order valence-electron chi connectivity index (χ3n) is 9.43. The van der Waals surface area contributed by atoms with E-state index in [-0.39, 0.29) is 35.9 Å². The van der Waals surface area contributed by atoms with Crippen molar-refractivity contribution in [2.45, 2.75) is 82.8 Å². The van der Waals surface area contributed by atoms with E-state index in [1.54, 1.807) is 17.0 Å². The van der Waals surface area contributed by atoms with E-state index in [1.807, 2.05) is 7.05 Å². The van der Waals surface area contributed by atoms with Gasteiger partial charge in [-0.15, -0.1) is 0 Å². The molecule has 2 saturated heterocycles. The average molecular weight is 588 g/mol. The van der Waals surface area contributed by atoms with Gasteiger partial charge in [0.05, 0.1) is 11.5 Å². The van der Waals surface area contributed by atoms with Crippen LogP contribution in [0.15, 0.2) is 24.3 Å². The Morgan fingerprint density at radius 2 is 1.71 bits per heavy atom. The van der Waals surface area contributed by atoms with E-state index in [2.05, 4.69) is 20.9 Å². The van der Waals surface area contributed by atoms with E-state index in [1.165, 1.54) is 26.0 Å². The van der Waals surface area contributed by atoms with Gasteiger partial charge in [0.2, 0.25) is 17.7 Å². The number of carboxylic acids is 1. The molecule has 1 aliphatic carbocycles. The van der Waals surface area contributed by atoms with Gasteiger partial charge in [-0.1, -0.05) is 31.4 Å². The molecule has 11 heteroatoms. The van der Waals surface area contributed by atoms with Crippen LogP contribution in [0, 0.1) is 17.2 Å². The molecule has 3 amide bonds. The summed E-state index contributed by atoms with van der Waals surface area (Å²) >= 11 is 0. The molecule has 10 nitrogen and oxygen atoms in total. The van der Waals surface area contributed by atoms with E-state index >= 15 is 0 Å². The molecule has 0 bridgehead atoms. The van der Waals surface area contributed by atoms with Crippen LogP contribution < -0.4 is 16.0 Å². The predicted molar refractivity (Wildman–Crippen MR) is 156 cm³/mol. The van der Waals surface area contributed by atoms with Crippen LogP contribution in [0.3, 0.4) is 0 Å². The number of aliphatic carboxylic acids is 1. The first kappa shape index (κ1) is 31.9. The molecule has 42 heavy (non-hydrogen) atoms. The maximum Gasteiger partial charge on any atom is 0.328 e. The summed E-state index contributed by atoms with van der Waals surface area (Å²) in [6.07, 6.45) is 6.05. The number of carbonyl (C=O) groups is 4. The number of carboxylic acid groups (broad SMARTS) is 1. The van der Waals surface area contributed by atoms with Crippen LogP contribution in [0.2, 0.25) is 0 Å². The van der Waals surface area contributed by atoms with Crippen molar-refractivity contribution < 1.29 is 28.7 Å². The molecule has 0 spiro atoms. The van der Waals surface area contributed by atoms with Crippen LogP contribution >= 0.6 is 0 Å². The van der Waals surface area contributed by atoms with Gasteiger partial charge < -0.3 is 30.9 Å². The standard InChI is InChI=1S/C31H46FN5O5/c1-30(2,29(41)42)35-28(40)31(22-7-5-4-6-8-22)13-16-37(17-14-31)27(39)24(19-21-9-11-23(32)12-10-21)34-26(38)25-20-36(3)18-15-33-25/h9-12,22,24-25,33H,4-8,13-20H2,1-3H3,(H,34,38)(H,35,40)(H,41,42)/t24-,25+/m1/s1. The lowest BCUT2D eigenvalue weighted by Gasteiger charge is -2.48. The summed E-state index contributed by atoms with van der Waals surface area (Å²) in [5, 5.41) is 18.6. The highest BCUT2D eigenvalue weighted by molar-refractivity contribution is 5.92. The van der Waals surface area contributed by atoms with Crippen molar-refractivity contribution in [3.63, 3.8) is 0 Å². The summed E-state index contributed by atoms with van der Waals surface area (Å²) in [4.78, 5) is 56.6. The van der Waals surface area contributed by atoms with Crippen molar-refractivity contribution in [1.29, 1.82) is 0 Å². The van der Waals surface area contributed by atoms with Gasteiger partial charge >= 0.3 is 5.97 Å². The first-order chi connectivity index (χ1) is 19.9. The second-order valence-corrected chi connectivity index (χ2v) is 12.9. The fourth-order valence-electron chi connectivity index (χ4n) is 6.69. The van der Waals surface area contributed by atoms with Crippen molar-refractivity contribution in [3.8, 4) is 0 Å².